The first-order valence-electron chi connectivity index (χ1n) is 13.2. The number of anilines is 1. The second-order valence-corrected chi connectivity index (χ2v) is 11.5. The molecule has 1 N–H and O–H groups in total. The Morgan fingerprint density at radius 3 is 2.29 bits per heavy atom. The number of sulfonamides is 1. The number of halogens is 1. The molecule has 9 heteroatoms. The maximum Gasteiger partial charge on any atom is 0.264 e. The van der Waals surface area contributed by atoms with Crippen molar-refractivity contribution in [2.24, 2.45) is 5.10 Å². The van der Waals surface area contributed by atoms with Crippen molar-refractivity contribution >= 4 is 38.6 Å². The van der Waals surface area contributed by atoms with E-state index in [0.29, 0.717) is 17.9 Å². The number of fused-ring (bicyclic) bond motifs is 1. The maximum absolute atomic E-state index is 13.5. The summed E-state index contributed by atoms with van der Waals surface area (Å²) < 4.78 is 47.1. The topological polar surface area (TPSA) is 88.1 Å². The molecule has 0 heterocycles. The second kappa shape index (κ2) is 12.7. The number of hydrazone groups is 1. The molecular formula is C33H28FN3O4S. The summed E-state index contributed by atoms with van der Waals surface area (Å²) in [7, 11) is -4.11. The molecule has 0 atom stereocenters. The average molecular weight is 582 g/mol. The van der Waals surface area contributed by atoms with Gasteiger partial charge >= 0.3 is 0 Å². The summed E-state index contributed by atoms with van der Waals surface area (Å²) in [6, 6.07) is 32.7. The van der Waals surface area contributed by atoms with Crippen molar-refractivity contribution < 1.29 is 22.3 Å². The fourth-order valence-corrected chi connectivity index (χ4v) is 5.67. The molecule has 5 aromatic rings. The van der Waals surface area contributed by atoms with Gasteiger partial charge in [-0.1, -0.05) is 54.1 Å². The first-order chi connectivity index (χ1) is 20.3. The molecule has 42 heavy (non-hydrogen) atoms. The van der Waals surface area contributed by atoms with Gasteiger partial charge in [-0.05, 0) is 95.6 Å². The second-order valence-electron chi connectivity index (χ2n) is 9.63. The van der Waals surface area contributed by atoms with Crippen molar-refractivity contribution in [1.82, 2.24) is 5.43 Å². The molecule has 212 valence electrons. The Morgan fingerprint density at radius 1 is 0.881 bits per heavy atom. The average Bonchev–Trinajstić information content (AvgIpc) is 3.00. The number of hydrogen-bond acceptors (Lipinski definition) is 5. The quantitative estimate of drug-likeness (QED) is 0.157. The highest BCUT2D eigenvalue weighted by atomic mass is 32.2. The molecule has 0 fully saturated rings. The van der Waals surface area contributed by atoms with E-state index in [9.17, 15) is 17.6 Å². The predicted octanol–water partition coefficient (Wildman–Crippen LogP) is 6.21. The smallest absolute Gasteiger partial charge is 0.264 e. The molecule has 7 nitrogen and oxygen atoms in total. The third-order valence-corrected chi connectivity index (χ3v) is 8.30. The highest BCUT2D eigenvalue weighted by molar-refractivity contribution is 7.92. The van der Waals surface area contributed by atoms with Crippen molar-refractivity contribution in [3.63, 3.8) is 0 Å². The standard InChI is InChI=1S/C33H28FN3O4S/c1-24-6-18-32(19-7-24)42(39,40)37(30-14-12-29(34)13-15-30)22-33(38)36-35-21-25-9-16-31(17-10-25)41-23-26-8-11-27-4-2-3-5-28(27)20-26/h2-21H,22-23H2,1H3,(H,36,38)/b35-21-. The van der Waals surface area contributed by atoms with Crippen LogP contribution in [-0.4, -0.2) is 27.1 Å². The Balaban J connectivity index is 1.21. The summed E-state index contributed by atoms with van der Waals surface area (Å²) in [4.78, 5) is 12.8. The Labute approximate surface area is 243 Å². The molecule has 0 aliphatic carbocycles. The molecular weight excluding hydrogens is 553 g/mol. The molecule has 0 aromatic heterocycles. The van der Waals surface area contributed by atoms with E-state index in [2.05, 4.69) is 34.8 Å². The van der Waals surface area contributed by atoms with Gasteiger partial charge in [0.15, 0.2) is 0 Å². The number of amides is 1. The van der Waals surface area contributed by atoms with Gasteiger partial charge in [0.2, 0.25) is 0 Å². The van der Waals surface area contributed by atoms with Crippen LogP contribution in [-0.2, 0) is 21.4 Å². The molecule has 0 unspecified atom stereocenters. The van der Waals surface area contributed by atoms with Gasteiger partial charge in [-0.2, -0.15) is 5.10 Å². The molecule has 0 bridgehead atoms. The van der Waals surface area contributed by atoms with Crippen molar-refractivity contribution in [3.05, 3.63) is 138 Å². The Hall–Kier alpha value is -5.02. The summed E-state index contributed by atoms with van der Waals surface area (Å²) in [6.45, 7) is 1.71. The number of carbonyl (C=O) groups is 1. The van der Waals surface area contributed by atoms with Gasteiger partial charge in [0.25, 0.3) is 15.9 Å². The first-order valence-corrected chi connectivity index (χ1v) is 14.6. The third kappa shape index (κ3) is 7.00. The lowest BCUT2D eigenvalue weighted by Crippen LogP contribution is -2.39. The van der Waals surface area contributed by atoms with Crippen molar-refractivity contribution in [2.75, 3.05) is 10.8 Å². The molecule has 0 aliphatic rings. The van der Waals surface area contributed by atoms with E-state index in [1.165, 1.54) is 35.9 Å². The van der Waals surface area contributed by atoms with E-state index in [-0.39, 0.29) is 10.6 Å². The Kier molecular flexibility index (Phi) is 8.59. The van der Waals surface area contributed by atoms with Crippen LogP contribution >= 0.6 is 0 Å². The van der Waals surface area contributed by atoms with Crippen LogP contribution in [0.3, 0.4) is 0 Å². The monoisotopic (exact) mass is 581 g/mol. The van der Waals surface area contributed by atoms with E-state index < -0.39 is 28.3 Å². The number of benzene rings is 5. The van der Waals surface area contributed by atoms with Crippen LogP contribution < -0.4 is 14.5 Å². The van der Waals surface area contributed by atoms with E-state index >= 15 is 0 Å². The predicted molar refractivity (Wildman–Crippen MR) is 163 cm³/mol. The van der Waals surface area contributed by atoms with E-state index in [1.54, 1.807) is 36.4 Å². The minimum Gasteiger partial charge on any atom is -0.489 e. The number of hydrogen-bond donors (Lipinski definition) is 1. The minimum absolute atomic E-state index is 0.0108. The molecule has 1 amide bonds. The molecule has 0 saturated carbocycles. The number of ether oxygens (including phenoxy) is 1. The SMILES string of the molecule is Cc1ccc(S(=O)(=O)N(CC(=O)N/N=C\c2ccc(OCc3ccc4ccccc4c3)cc2)c2ccc(F)cc2)cc1. The van der Waals surface area contributed by atoms with Gasteiger partial charge in [-0.15, -0.1) is 0 Å². The van der Waals surface area contributed by atoms with E-state index in [1.807, 2.05) is 25.1 Å². The van der Waals surface area contributed by atoms with Crippen LogP contribution in [0.15, 0.2) is 125 Å². The summed E-state index contributed by atoms with van der Waals surface area (Å²) in [5.41, 5.74) is 5.17. The summed E-state index contributed by atoms with van der Waals surface area (Å²) in [5.74, 6) is -0.507. The lowest BCUT2D eigenvalue weighted by molar-refractivity contribution is -0.119. The third-order valence-electron chi connectivity index (χ3n) is 6.51. The molecule has 5 aromatic carbocycles. The number of carbonyl (C=O) groups excluding carboxylic acids is 1. The molecule has 0 radical (unpaired) electrons. The Bertz CT molecular complexity index is 1820. The lowest BCUT2D eigenvalue weighted by Gasteiger charge is -2.23. The maximum atomic E-state index is 13.5. The van der Waals surface area contributed by atoms with Crippen LogP contribution in [0, 0.1) is 12.7 Å². The molecule has 5 rings (SSSR count). The van der Waals surface area contributed by atoms with Gasteiger partial charge < -0.3 is 4.74 Å². The number of rotatable bonds is 10. The first kappa shape index (κ1) is 28.5. The van der Waals surface area contributed by atoms with Crippen LogP contribution in [0.5, 0.6) is 5.75 Å². The summed E-state index contributed by atoms with van der Waals surface area (Å²) in [5, 5.41) is 6.30. The zero-order valence-corrected chi connectivity index (χ0v) is 23.6. The molecule has 0 aliphatic heterocycles. The van der Waals surface area contributed by atoms with Gasteiger partial charge in [0.1, 0.15) is 24.7 Å². The van der Waals surface area contributed by atoms with Crippen LogP contribution in [0.1, 0.15) is 16.7 Å². The van der Waals surface area contributed by atoms with Gasteiger partial charge in [0, 0.05) is 0 Å². The van der Waals surface area contributed by atoms with Gasteiger partial charge in [0.05, 0.1) is 16.8 Å². The van der Waals surface area contributed by atoms with E-state index in [0.717, 1.165) is 33.0 Å². The highest BCUT2D eigenvalue weighted by Crippen LogP contribution is 2.24. The zero-order chi connectivity index (χ0) is 29.5. The van der Waals surface area contributed by atoms with Crippen molar-refractivity contribution in [1.29, 1.82) is 0 Å². The highest BCUT2D eigenvalue weighted by Gasteiger charge is 2.27. The normalized spacial score (nSPS) is 11.5. The lowest BCUT2D eigenvalue weighted by atomic mass is 10.1. The summed E-state index contributed by atoms with van der Waals surface area (Å²) >= 11 is 0. The number of nitrogens with one attached hydrogen (secondary N) is 1. The molecule has 0 saturated heterocycles. The van der Waals surface area contributed by atoms with Crippen LogP contribution in [0.25, 0.3) is 10.8 Å². The van der Waals surface area contributed by atoms with Gasteiger partial charge in [-0.3, -0.25) is 9.10 Å². The fraction of sp³-hybridized carbons (Fsp3) is 0.0909. The largest absolute Gasteiger partial charge is 0.489 e. The number of nitrogens with zero attached hydrogens (tertiary/aromatic N) is 2. The number of aryl methyl sites for hydroxylation is 1. The van der Waals surface area contributed by atoms with Crippen LogP contribution in [0.2, 0.25) is 0 Å². The minimum atomic E-state index is -4.11. The van der Waals surface area contributed by atoms with Crippen molar-refractivity contribution in [2.45, 2.75) is 18.4 Å². The summed E-state index contributed by atoms with van der Waals surface area (Å²) in [6.07, 6.45) is 1.45. The molecule has 0 spiro atoms. The van der Waals surface area contributed by atoms with Crippen molar-refractivity contribution in [3.8, 4) is 5.75 Å². The van der Waals surface area contributed by atoms with Crippen LogP contribution in [0.4, 0.5) is 10.1 Å². The Morgan fingerprint density at radius 2 is 1.57 bits per heavy atom. The fourth-order valence-electron chi connectivity index (χ4n) is 4.25. The zero-order valence-electron chi connectivity index (χ0n) is 22.8. The van der Waals surface area contributed by atoms with Gasteiger partial charge in [-0.25, -0.2) is 18.2 Å². The van der Waals surface area contributed by atoms with E-state index in [4.69, 9.17) is 4.74 Å².